The Balaban J connectivity index is 2.17. The van der Waals surface area contributed by atoms with Gasteiger partial charge in [-0.3, -0.25) is 9.78 Å². The van der Waals surface area contributed by atoms with E-state index in [1.807, 2.05) is 0 Å². The summed E-state index contributed by atoms with van der Waals surface area (Å²) < 4.78 is 44.2. The molecule has 0 spiro atoms. The Morgan fingerprint density at radius 3 is 2.55 bits per heavy atom. The Hall–Kier alpha value is -3.42. The van der Waals surface area contributed by atoms with Gasteiger partial charge in [0.1, 0.15) is 5.56 Å². The first kappa shape index (κ1) is 20.3. The minimum absolute atomic E-state index is 0.0677. The molecule has 0 radical (unpaired) electrons. The maximum absolute atomic E-state index is 13.0. The summed E-state index contributed by atoms with van der Waals surface area (Å²) in [5.41, 5.74) is 0.500. The van der Waals surface area contributed by atoms with E-state index in [-0.39, 0.29) is 29.2 Å². The SMILES string of the molecule is CCOC(=O)c1cnc2cc(C(F)(F)F)ccc2c1Nc1cccc(C(C)=O)c1. The van der Waals surface area contributed by atoms with E-state index >= 15 is 0 Å². The van der Waals surface area contributed by atoms with Crippen LogP contribution in [0.2, 0.25) is 0 Å². The summed E-state index contributed by atoms with van der Waals surface area (Å²) in [4.78, 5) is 28.0. The molecule has 2 aromatic carbocycles. The zero-order valence-electron chi connectivity index (χ0n) is 15.6. The quantitative estimate of drug-likeness (QED) is 0.459. The number of nitrogens with one attached hydrogen (secondary N) is 1. The summed E-state index contributed by atoms with van der Waals surface area (Å²) in [5.74, 6) is -0.805. The van der Waals surface area contributed by atoms with Crippen LogP contribution in [0.3, 0.4) is 0 Å². The third-order valence-electron chi connectivity index (χ3n) is 4.23. The molecule has 0 fully saturated rings. The smallest absolute Gasteiger partial charge is 0.416 e. The Morgan fingerprint density at radius 2 is 1.90 bits per heavy atom. The van der Waals surface area contributed by atoms with Crippen LogP contribution in [-0.4, -0.2) is 23.3 Å². The number of aromatic nitrogens is 1. The van der Waals surface area contributed by atoms with Crippen molar-refractivity contribution < 1.29 is 27.5 Å². The van der Waals surface area contributed by atoms with Crippen molar-refractivity contribution in [1.29, 1.82) is 0 Å². The van der Waals surface area contributed by atoms with Gasteiger partial charge in [-0.1, -0.05) is 18.2 Å². The van der Waals surface area contributed by atoms with Gasteiger partial charge in [-0.25, -0.2) is 4.79 Å². The molecule has 0 unspecified atom stereocenters. The Morgan fingerprint density at radius 1 is 1.14 bits per heavy atom. The summed E-state index contributed by atoms with van der Waals surface area (Å²) in [7, 11) is 0. The Kier molecular flexibility index (Phi) is 5.54. The van der Waals surface area contributed by atoms with Crippen LogP contribution in [0.4, 0.5) is 24.5 Å². The van der Waals surface area contributed by atoms with Gasteiger partial charge < -0.3 is 10.1 Å². The molecule has 3 aromatic rings. The molecular formula is C21H17F3N2O3. The first-order chi connectivity index (χ1) is 13.7. The van der Waals surface area contributed by atoms with Crippen molar-refractivity contribution in [1.82, 2.24) is 4.98 Å². The standard InChI is InChI=1S/C21H17F3N2O3/c1-3-29-20(28)17-11-25-18-10-14(21(22,23)24)7-8-16(18)19(17)26-15-6-4-5-13(9-15)12(2)27/h4-11H,3H2,1-2H3,(H,25,26). The number of ketones is 1. The van der Waals surface area contributed by atoms with Crippen molar-refractivity contribution in [3.63, 3.8) is 0 Å². The lowest BCUT2D eigenvalue weighted by Gasteiger charge is -2.15. The van der Waals surface area contributed by atoms with Crippen molar-refractivity contribution in [2.24, 2.45) is 0 Å². The van der Waals surface area contributed by atoms with Crippen LogP contribution >= 0.6 is 0 Å². The van der Waals surface area contributed by atoms with E-state index in [1.54, 1.807) is 31.2 Å². The average Bonchev–Trinajstić information content (AvgIpc) is 2.67. The molecule has 0 aliphatic rings. The summed E-state index contributed by atoms with van der Waals surface area (Å²) in [6.07, 6.45) is -3.34. The number of fused-ring (bicyclic) bond motifs is 1. The first-order valence-electron chi connectivity index (χ1n) is 8.75. The van der Waals surface area contributed by atoms with E-state index in [9.17, 15) is 22.8 Å². The summed E-state index contributed by atoms with van der Waals surface area (Å²) in [5, 5.41) is 3.35. The van der Waals surface area contributed by atoms with Crippen LogP contribution in [-0.2, 0) is 10.9 Å². The number of rotatable bonds is 5. The van der Waals surface area contributed by atoms with Crippen molar-refractivity contribution in [2.75, 3.05) is 11.9 Å². The lowest BCUT2D eigenvalue weighted by Crippen LogP contribution is -2.10. The molecule has 1 N–H and O–H groups in total. The van der Waals surface area contributed by atoms with Gasteiger partial charge in [-0.05, 0) is 38.1 Å². The summed E-state index contributed by atoms with van der Waals surface area (Å²) in [6, 6.07) is 9.67. The van der Waals surface area contributed by atoms with E-state index in [0.717, 1.165) is 12.1 Å². The van der Waals surface area contributed by atoms with E-state index in [1.165, 1.54) is 19.2 Å². The molecule has 1 heterocycles. The fourth-order valence-electron chi connectivity index (χ4n) is 2.83. The van der Waals surface area contributed by atoms with Gasteiger partial charge in [0.2, 0.25) is 0 Å². The highest BCUT2D eigenvalue weighted by molar-refractivity contribution is 6.06. The van der Waals surface area contributed by atoms with E-state index in [2.05, 4.69) is 10.3 Å². The number of esters is 1. The third-order valence-corrected chi connectivity index (χ3v) is 4.23. The highest BCUT2D eigenvalue weighted by atomic mass is 19.4. The molecule has 0 bridgehead atoms. The molecule has 150 valence electrons. The van der Waals surface area contributed by atoms with Crippen molar-refractivity contribution in [2.45, 2.75) is 20.0 Å². The number of carbonyl (C=O) groups is 2. The lowest BCUT2D eigenvalue weighted by molar-refractivity contribution is -0.137. The maximum Gasteiger partial charge on any atom is 0.416 e. The molecule has 5 nitrogen and oxygen atoms in total. The molecule has 0 aliphatic heterocycles. The second-order valence-electron chi connectivity index (χ2n) is 6.26. The molecule has 8 heteroatoms. The van der Waals surface area contributed by atoms with Gasteiger partial charge in [0.25, 0.3) is 0 Å². The van der Waals surface area contributed by atoms with Crippen molar-refractivity contribution in [3.8, 4) is 0 Å². The largest absolute Gasteiger partial charge is 0.462 e. The van der Waals surface area contributed by atoms with Crippen LogP contribution in [0.15, 0.2) is 48.7 Å². The number of pyridine rings is 1. The second-order valence-corrected chi connectivity index (χ2v) is 6.26. The van der Waals surface area contributed by atoms with Gasteiger partial charge in [0, 0.05) is 22.8 Å². The molecule has 0 atom stereocenters. The number of nitrogens with zero attached hydrogens (tertiary/aromatic N) is 1. The Labute approximate surface area is 164 Å². The second kappa shape index (κ2) is 7.90. The van der Waals surface area contributed by atoms with Crippen LogP contribution in [0.5, 0.6) is 0 Å². The van der Waals surface area contributed by atoms with Gasteiger partial charge in [-0.2, -0.15) is 13.2 Å². The average molecular weight is 402 g/mol. The number of hydrogen-bond donors (Lipinski definition) is 1. The molecule has 0 amide bonds. The molecule has 1 aromatic heterocycles. The number of halogens is 3. The number of benzene rings is 2. The van der Waals surface area contributed by atoms with E-state index < -0.39 is 17.7 Å². The monoisotopic (exact) mass is 402 g/mol. The Bertz CT molecular complexity index is 1090. The van der Waals surface area contributed by atoms with Gasteiger partial charge in [0.05, 0.1) is 23.4 Å². The van der Waals surface area contributed by atoms with Gasteiger partial charge in [-0.15, -0.1) is 0 Å². The van der Waals surface area contributed by atoms with Crippen LogP contribution in [0, 0.1) is 0 Å². The van der Waals surface area contributed by atoms with Crippen LogP contribution < -0.4 is 5.32 Å². The van der Waals surface area contributed by atoms with Gasteiger partial charge in [0.15, 0.2) is 5.78 Å². The first-order valence-corrected chi connectivity index (χ1v) is 8.75. The lowest BCUT2D eigenvalue weighted by atomic mass is 10.1. The molecule has 0 aliphatic carbocycles. The highest BCUT2D eigenvalue weighted by Gasteiger charge is 2.31. The molecular weight excluding hydrogens is 385 g/mol. The predicted molar refractivity (Wildman–Crippen MR) is 102 cm³/mol. The topological polar surface area (TPSA) is 68.3 Å². The number of anilines is 2. The molecule has 0 saturated carbocycles. The van der Waals surface area contributed by atoms with Crippen LogP contribution in [0.1, 0.15) is 40.1 Å². The van der Waals surface area contributed by atoms with Gasteiger partial charge >= 0.3 is 12.1 Å². The molecule has 0 saturated heterocycles. The summed E-state index contributed by atoms with van der Waals surface area (Å²) >= 11 is 0. The van der Waals surface area contributed by atoms with Crippen molar-refractivity contribution in [3.05, 3.63) is 65.4 Å². The fraction of sp³-hybridized carbons (Fsp3) is 0.190. The minimum Gasteiger partial charge on any atom is -0.462 e. The molecule has 3 rings (SSSR count). The number of hydrogen-bond acceptors (Lipinski definition) is 5. The number of carbonyl (C=O) groups excluding carboxylic acids is 2. The highest BCUT2D eigenvalue weighted by Crippen LogP contribution is 2.35. The van der Waals surface area contributed by atoms with E-state index in [4.69, 9.17) is 4.74 Å². The minimum atomic E-state index is -4.51. The number of Topliss-reactive ketones (excluding diaryl/α,β-unsaturated/α-hetero) is 1. The zero-order valence-corrected chi connectivity index (χ0v) is 15.6. The maximum atomic E-state index is 13.0. The molecule has 29 heavy (non-hydrogen) atoms. The predicted octanol–water partition coefficient (Wildman–Crippen LogP) is 5.38. The van der Waals surface area contributed by atoms with Crippen molar-refractivity contribution >= 4 is 34.0 Å². The number of ether oxygens (including phenoxy) is 1. The van der Waals surface area contributed by atoms with E-state index in [0.29, 0.717) is 16.6 Å². The number of alkyl halides is 3. The third kappa shape index (κ3) is 4.37. The van der Waals surface area contributed by atoms with Crippen LogP contribution in [0.25, 0.3) is 10.9 Å². The normalized spacial score (nSPS) is 11.3. The fourth-order valence-corrected chi connectivity index (χ4v) is 2.83. The zero-order chi connectivity index (χ0) is 21.2. The summed E-state index contributed by atoms with van der Waals surface area (Å²) in [6.45, 7) is 3.19.